The molecule has 22 heavy (non-hydrogen) atoms. The minimum atomic E-state index is -5.03. The molecule has 6 nitrogen and oxygen atoms in total. The van der Waals surface area contributed by atoms with Crippen LogP contribution in [0.15, 0.2) is 12.7 Å². The normalized spacial score (nSPS) is 28.8. The zero-order valence-corrected chi connectivity index (χ0v) is 12.2. The van der Waals surface area contributed by atoms with Crippen molar-refractivity contribution in [2.45, 2.75) is 51.0 Å². The number of halogens is 3. The van der Waals surface area contributed by atoms with Gasteiger partial charge in [0.2, 0.25) is 0 Å². The number of carbonyl (C=O) groups is 2. The Morgan fingerprint density at radius 1 is 1.45 bits per heavy atom. The Bertz CT molecular complexity index is 426. The van der Waals surface area contributed by atoms with Crippen molar-refractivity contribution < 1.29 is 37.0 Å². The molecular weight excluding hydrogens is 307 g/mol. The summed E-state index contributed by atoms with van der Waals surface area (Å²) >= 11 is 0. The highest BCUT2D eigenvalue weighted by atomic mass is 19.4. The fourth-order valence-electron chi connectivity index (χ4n) is 2.08. The van der Waals surface area contributed by atoms with Crippen LogP contribution in [0, 0.1) is 0 Å². The summed E-state index contributed by atoms with van der Waals surface area (Å²) in [6.07, 6.45) is -6.27. The maximum Gasteiger partial charge on any atom is 0.471 e. The summed E-state index contributed by atoms with van der Waals surface area (Å²) in [5.74, 6) is -2.79. The Labute approximate surface area is 125 Å². The van der Waals surface area contributed by atoms with Crippen molar-refractivity contribution in [2.75, 3.05) is 6.61 Å². The molecule has 1 N–H and O–H groups in total. The molecule has 0 aromatic carbocycles. The molecule has 1 amide bonds. The first-order valence-corrected chi connectivity index (χ1v) is 6.58. The van der Waals surface area contributed by atoms with Crippen LogP contribution in [0.25, 0.3) is 0 Å². The second-order valence-corrected chi connectivity index (χ2v) is 4.78. The van der Waals surface area contributed by atoms with Gasteiger partial charge in [0.05, 0.1) is 18.8 Å². The largest absolute Gasteiger partial charge is 0.471 e. The van der Waals surface area contributed by atoms with E-state index in [0.717, 1.165) is 6.92 Å². The second-order valence-electron chi connectivity index (χ2n) is 4.78. The van der Waals surface area contributed by atoms with Crippen molar-refractivity contribution in [3.8, 4) is 0 Å². The Morgan fingerprint density at radius 2 is 2.09 bits per heavy atom. The van der Waals surface area contributed by atoms with E-state index in [1.807, 2.05) is 5.32 Å². The topological polar surface area (TPSA) is 73.9 Å². The number of rotatable bonds is 5. The minimum Gasteiger partial charge on any atom is -0.458 e. The Kier molecular flexibility index (Phi) is 6.36. The van der Waals surface area contributed by atoms with Gasteiger partial charge in [0, 0.05) is 13.3 Å². The van der Waals surface area contributed by atoms with Crippen molar-refractivity contribution >= 4 is 11.9 Å². The van der Waals surface area contributed by atoms with Gasteiger partial charge in [-0.05, 0) is 6.92 Å². The molecule has 1 aliphatic heterocycles. The average molecular weight is 325 g/mol. The van der Waals surface area contributed by atoms with Crippen LogP contribution < -0.4 is 5.32 Å². The molecule has 0 aliphatic carbocycles. The molecule has 1 rings (SSSR count). The summed E-state index contributed by atoms with van der Waals surface area (Å²) in [4.78, 5) is 22.2. The van der Waals surface area contributed by atoms with Crippen molar-refractivity contribution in [3.05, 3.63) is 12.7 Å². The van der Waals surface area contributed by atoms with Gasteiger partial charge in [-0.2, -0.15) is 13.2 Å². The van der Waals surface area contributed by atoms with Crippen molar-refractivity contribution in [1.29, 1.82) is 0 Å². The third kappa shape index (κ3) is 5.30. The number of carbonyl (C=O) groups excluding carboxylic acids is 2. The van der Waals surface area contributed by atoms with Crippen LogP contribution in [-0.4, -0.2) is 49.2 Å². The number of amides is 1. The van der Waals surface area contributed by atoms with E-state index >= 15 is 0 Å². The lowest BCUT2D eigenvalue weighted by Gasteiger charge is -2.39. The quantitative estimate of drug-likeness (QED) is 0.609. The highest BCUT2D eigenvalue weighted by molar-refractivity contribution is 5.82. The summed E-state index contributed by atoms with van der Waals surface area (Å²) in [5.41, 5.74) is 0. The first-order chi connectivity index (χ1) is 10.1. The molecule has 0 unspecified atom stereocenters. The van der Waals surface area contributed by atoms with Gasteiger partial charge >= 0.3 is 18.1 Å². The molecular formula is C13H18F3NO5. The van der Waals surface area contributed by atoms with E-state index in [1.165, 1.54) is 13.0 Å². The standard InChI is InChI=1S/C13H18F3NO5/c1-4-5-20-10-6-9(17-12(19)13(14,15)16)11(7(2)21-10)22-8(3)18/h4,7,9-11H,1,5-6H2,2-3H3,(H,17,19)/t7-,9-,10+,11-/m0/s1. The maximum absolute atomic E-state index is 12.4. The number of ether oxygens (including phenoxy) is 3. The number of nitrogens with one attached hydrogen (secondary N) is 1. The fraction of sp³-hybridized carbons (Fsp3) is 0.692. The summed E-state index contributed by atoms with van der Waals surface area (Å²) in [5, 5.41) is 1.82. The van der Waals surface area contributed by atoms with Crippen LogP contribution in [0.1, 0.15) is 20.3 Å². The minimum absolute atomic E-state index is 0.0854. The van der Waals surface area contributed by atoms with Gasteiger partial charge in [-0.1, -0.05) is 6.08 Å². The van der Waals surface area contributed by atoms with Gasteiger partial charge in [0.25, 0.3) is 0 Å². The second kappa shape index (κ2) is 7.59. The van der Waals surface area contributed by atoms with Crippen LogP contribution in [0.4, 0.5) is 13.2 Å². The molecule has 0 spiro atoms. The molecule has 0 radical (unpaired) electrons. The first-order valence-electron chi connectivity index (χ1n) is 6.58. The van der Waals surface area contributed by atoms with Gasteiger partial charge in [-0.3, -0.25) is 9.59 Å². The van der Waals surface area contributed by atoms with E-state index in [4.69, 9.17) is 14.2 Å². The smallest absolute Gasteiger partial charge is 0.458 e. The van der Waals surface area contributed by atoms with Crippen molar-refractivity contribution in [3.63, 3.8) is 0 Å². The fourth-order valence-corrected chi connectivity index (χ4v) is 2.08. The highest BCUT2D eigenvalue weighted by Crippen LogP contribution is 2.25. The van der Waals surface area contributed by atoms with Crippen molar-refractivity contribution in [2.24, 2.45) is 0 Å². The van der Waals surface area contributed by atoms with E-state index in [1.54, 1.807) is 0 Å². The van der Waals surface area contributed by atoms with Crippen LogP contribution in [-0.2, 0) is 23.8 Å². The molecule has 1 aliphatic rings. The molecule has 4 atom stereocenters. The van der Waals surface area contributed by atoms with E-state index in [-0.39, 0.29) is 13.0 Å². The molecule has 1 saturated heterocycles. The van der Waals surface area contributed by atoms with E-state index in [9.17, 15) is 22.8 Å². The van der Waals surface area contributed by atoms with Crippen LogP contribution >= 0.6 is 0 Å². The molecule has 0 saturated carbocycles. The number of alkyl halides is 3. The number of hydrogen-bond acceptors (Lipinski definition) is 5. The average Bonchev–Trinajstić information content (AvgIpc) is 2.38. The van der Waals surface area contributed by atoms with Crippen LogP contribution in [0.3, 0.4) is 0 Å². The molecule has 9 heteroatoms. The summed E-state index contributed by atoms with van der Waals surface area (Å²) in [7, 11) is 0. The molecule has 126 valence electrons. The Balaban J connectivity index is 2.83. The lowest BCUT2D eigenvalue weighted by molar-refractivity contribution is -0.230. The zero-order chi connectivity index (χ0) is 16.9. The van der Waals surface area contributed by atoms with Crippen LogP contribution in [0.5, 0.6) is 0 Å². The predicted octanol–water partition coefficient (Wildman–Crippen LogP) is 1.30. The van der Waals surface area contributed by atoms with Gasteiger partial charge in [0.15, 0.2) is 6.29 Å². The highest BCUT2D eigenvalue weighted by Gasteiger charge is 2.45. The van der Waals surface area contributed by atoms with E-state index < -0.39 is 42.6 Å². The Hall–Kier alpha value is -1.61. The van der Waals surface area contributed by atoms with Gasteiger partial charge in [-0.25, -0.2) is 0 Å². The first kappa shape index (κ1) is 18.4. The maximum atomic E-state index is 12.4. The third-order valence-corrected chi connectivity index (χ3v) is 2.95. The van der Waals surface area contributed by atoms with E-state index in [2.05, 4.69) is 6.58 Å². The monoisotopic (exact) mass is 325 g/mol. The number of hydrogen-bond donors (Lipinski definition) is 1. The predicted molar refractivity (Wildman–Crippen MR) is 68.6 cm³/mol. The zero-order valence-electron chi connectivity index (χ0n) is 12.2. The molecule has 0 bridgehead atoms. The van der Waals surface area contributed by atoms with Gasteiger partial charge in [-0.15, -0.1) is 6.58 Å². The Morgan fingerprint density at radius 3 is 2.59 bits per heavy atom. The number of esters is 1. The van der Waals surface area contributed by atoms with Crippen molar-refractivity contribution in [1.82, 2.24) is 5.32 Å². The lowest BCUT2D eigenvalue weighted by atomic mass is 9.99. The van der Waals surface area contributed by atoms with Gasteiger partial charge in [0.1, 0.15) is 6.10 Å². The molecule has 0 aromatic rings. The van der Waals surface area contributed by atoms with Gasteiger partial charge < -0.3 is 19.5 Å². The summed E-state index contributed by atoms with van der Waals surface area (Å²) in [6, 6.07) is -1.07. The summed E-state index contributed by atoms with van der Waals surface area (Å²) in [6.45, 7) is 6.22. The SMILES string of the molecule is C=CCO[C@H]1C[C@H](NC(=O)C(F)(F)F)[C@@H](OC(C)=O)[C@H](C)O1. The lowest BCUT2D eigenvalue weighted by Crippen LogP contribution is -2.58. The molecule has 1 fully saturated rings. The van der Waals surface area contributed by atoms with Crippen LogP contribution in [0.2, 0.25) is 0 Å². The van der Waals surface area contributed by atoms with E-state index in [0.29, 0.717) is 0 Å². The molecule has 1 heterocycles. The summed E-state index contributed by atoms with van der Waals surface area (Å²) < 4.78 is 52.8. The molecule has 0 aromatic heterocycles. The third-order valence-electron chi connectivity index (χ3n) is 2.95.